The van der Waals surface area contributed by atoms with Gasteiger partial charge in [0.1, 0.15) is 5.60 Å². The highest BCUT2D eigenvalue weighted by molar-refractivity contribution is 6.68. The van der Waals surface area contributed by atoms with Crippen LogP contribution in [0.4, 0.5) is 0 Å². The Labute approximate surface area is 143 Å². The van der Waals surface area contributed by atoms with Gasteiger partial charge in [-0.1, -0.05) is 111 Å². The molecule has 0 aliphatic carbocycles. The molecule has 0 saturated heterocycles. The van der Waals surface area contributed by atoms with E-state index in [2.05, 4.69) is 6.92 Å². The number of methoxy groups -OCH3 is 1. The van der Waals surface area contributed by atoms with Gasteiger partial charge in [0.2, 0.25) is 3.79 Å². The fraction of sp³-hybridized carbons (Fsp3) is 0.647. The van der Waals surface area contributed by atoms with E-state index in [9.17, 15) is 0 Å². The molecule has 0 fully saturated rings. The van der Waals surface area contributed by atoms with Gasteiger partial charge in [-0.15, -0.1) is 0 Å². The normalized spacial score (nSPS) is 14.9. The predicted octanol–water partition coefficient (Wildman–Crippen LogP) is 6.65. The van der Waals surface area contributed by atoms with Gasteiger partial charge in [0.25, 0.3) is 0 Å². The van der Waals surface area contributed by atoms with Crippen molar-refractivity contribution >= 4 is 34.8 Å². The van der Waals surface area contributed by atoms with E-state index in [0.29, 0.717) is 6.42 Å². The van der Waals surface area contributed by atoms with Gasteiger partial charge in [0.05, 0.1) is 0 Å². The molecule has 1 nitrogen and oxygen atoms in total. The molecule has 0 aromatic heterocycles. The van der Waals surface area contributed by atoms with E-state index in [0.717, 1.165) is 18.4 Å². The molecule has 0 aliphatic heterocycles. The topological polar surface area (TPSA) is 9.23 Å². The zero-order chi connectivity index (χ0) is 15.8. The molecule has 0 radical (unpaired) electrons. The Bertz CT molecular complexity index is 389. The summed E-state index contributed by atoms with van der Waals surface area (Å²) in [6.45, 7) is 2.22. The number of unbranched alkanes of at least 4 members (excludes halogenated alkanes) is 5. The Morgan fingerprint density at radius 3 is 2.00 bits per heavy atom. The molecule has 0 aliphatic rings. The number of alkyl halides is 3. The first-order valence-electron chi connectivity index (χ1n) is 7.65. The zero-order valence-corrected chi connectivity index (χ0v) is 15.1. The fourth-order valence-corrected chi connectivity index (χ4v) is 3.49. The maximum absolute atomic E-state index is 6.26. The monoisotopic (exact) mass is 350 g/mol. The van der Waals surface area contributed by atoms with Crippen LogP contribution in [0, 0.1) is 0 Å². The van der Waals surface area contributed by atoms with Gasteiger partial charge in [-0.3, -0.25) is 0 Å². The second-order valence-corrected chi connectivity index (χ2v) is 7.69. The Balaban J connectivity index is 2.75. The van der Waals surface area contributed by atoms with Crippen LogP contribution in [0.25, 0.3) is 0 Å². The van der Waals surface area contributed by atoms with E-state index in [1.54, 1.807) is 7.11 Å². The summed E-state index contributed by atoms with van der Waals surface area (Å²) >= 11 is 18.8. The predicted molar refractivity (Wildman–Crippen MR) is 93.4 cm³/mol. The summed E-state index contributed by atoms with van der Waals surface area (Å²) in [5.74, 6) is 0. The van der Waals surface area contributed by atoms with Crippen LogP contribution < -0.4 is 0 Å². The molecule has 1 aromatic rings. The van der Waals surface area contributed by atoms with Gasteiger partial charge in [-0.05, 0) is 12.0 Å². The van der Waals surface area contributed by atoms with Crippen LogP contribution in [0.3, 0.4) is 0 Å². The maximum Gasteiger partial charge on any atom is 0.223 e. The van der Waals surface area contributed by atoms with E-state index in [1.807, 2.05) is 30.3 Å². The summed E-state index contributed by atoms with van der Waals surface area (Å²) in [6.07, 6.45) is 7.87. The Kier molecular flexibility index (Phi) is 8.41. The third-order valence-electron chi connectivity index (χ3n) is 3.93. The van der Waals surface area contributed by atoms with Crippen molar-refractivity contribution in [2.75, 3.05) is 7.11 Å². The highest BCUT2D eigenvalue weighted by Gasteiger charge is 2.49. The molecule has 0 spiro atoms. The summed E-state index contributed by atoms with van der Waals surface area (Å²) in [4.78, 5) is 0. The zero-order valence-electron chi connectivity index (χ0n) is 12.9. The molecule has 0 saturated carbocycles. The van der Waals surface area contributed by atoms with Crippen LogP contribution >= 0.6 is 34.8 Å². The first kappa shape index (κ1) is 19.1. The van der Waals surface area contributed by atoms with Crippen molar-refractivity contribution in [3.05, 3.63) is 35.9 Å². The van der Waals surface area contributed by atoms with Crippen molar-refractivity contribution in [2.24, 2.45) is 0 Å². The molecule has 0 amide bonds. The molecular weight excluding hydrogens is 327 g/mol. The van der Waals surface area contributed by atoms with E-state index in [1.165, 1.54) is 25.7 Å². The maximum atomic E-state index is 6.26. The molecular formula is C17H25Cl3O. The fourth-order valence-electron chi connectivity index (χ4n) is 2.65. The highest BCUT2D eigenvalue weighted by Crippen LogP contribution is 2.50. The van der Waals surface area contributed by atoms with E-state index >= 15 is 0 Å². The van der Waals surface area contributed by atoms with E-state index in [4.69, 9.17) is 39.5 Å². The van der Waals surface area contributed by atoms with E-state index < -0.39 is 9.39 Å². The lowest BCUT2D eigenvalue weighted by atomic mass is 9.89. The lowest BCUT2D eigenvalue weighted by molar-refractivity contribution is -0.0212. The third-order valence-corrected chi connectivity index (χ3v) is 4.84. The van der Waals surface area contributed by atoms with Crippen molar-refractivity contribution in [3.8, 4) is 0 Å². The van der Waals surface area contributed by atoms with Crippen LogP contribution in [0.1, 0.15) is 57.4 Å². The first-order valence-corrected chi connectivity index (χ1v) is 8.78. The first-order chi connectivity index (χ1) is 9.98. The Morgan fingerprint density at radius 1 is 0.905 bits per heavy atom. The van der Waals surface area contributed by atoms with Crippen LogP contribution in [0.15, 0.2) is 30.3 Å². The average molecular weight is 352 g/mol. The largest absolute Gasteiger partial charge is 0.369 e. The van der Waals surface area contributed by atoms with Gasteiger partial charge in [-0.2, -0.15) is 0 Å². The minimum atomic E-state index is -1.49. The second kappa shape index (κ2) is 9.25. The molecule has 0 N–H and O–H groups in total. The summed E-state index contributed by atoms with van der Waals surface area (Å²) in [5, 5.41) is 0. The van der Waals surface area contributed by atoms with Gasteiger partial charge < -0.3 is 4.74 Å². The van der Waals surface area contributed by atoms with E-state index in [-0.39, 0.29) is 0 Å². The standard InChI is InChI=1S/C17H25Cl3O/c1-3-4-5-6-7-11-14-16(21-2,17(18,19)20)15-12-9-8-10-13-15/h8-10,12-13H,3-7,11,14H2,1-2H3. The van der Waals surface area contributed by atoms with Gasteiger partial charge in [-0.25, -0.2) is 0 Å². The minimum Gasteiger partial charge on any atom is -0.369 e. The lowest BCUT2D eigenvalue weighted by Gasteiger charge is -2.39. The summed E-state index contributed by atoms with van der Waals surface area (Å²) in [5.41, 5.74) is 0.0324. The number of halogens is 3. The number of ether oxygens (including phenoxy) is 1. The van der Waals surface area contributed by atoms with Crippen LogP contribution in [0.2, 0.25) is 0 Å². The van der Waals surface area contributed by atoms with Crippen molar-refractivity contribution in [2.45, 2.75) is 61.3 Å². The molecule has 1 atom stereocenters. The van der Waals surface area contributed by atoms with Crippen LogP contribution in [-0.2, 0) is 10.3 Å². The summed E-state index contributed by atoms with van der Waals surface area (Å²) in [6, 6.07) is 9.76. The number of hydrogen-bond acceptors (Lipinski definition) is 1. The molecule has 4 heteroatoms. The van der Waals surface area contributed by atoms with Gasteiger partial charge in [0.15, 0.2) is 0 Å². The molecule has 21 heavy (non-hydrogen) atoms. The third kappa shape index (κ3) is 5.32. The molecule has 1 aromatic carbocycles. The molecule has 0 bridgehead atoms. The SMILES string of the molecule is CCCCCCCCC(OC)(c1ccccc1)C(Cl)(Cl)Cl. The molecule has 1 unspecified atom stereocenters. The number of rotatable bonds is 9. The molecule has 120 valence electrons. The molecule has 0 heterocycles. The van der Waals surface area contributed by atoms with Crippen molar-refractivity contribution in [1.29, 1.82) is 0 Å². The minimum absolute atomic E-state index is 0.705. The van der Waals surface area contributed by atoms with Gasteiger partial charge >= 0.3 is 0 Å². The quantitative estimate of drug-likeness (QED) is 0.357. The smallest absolute Gasteiger partial charge is 0.223 e. The molecule has 1 rings (SSSR count). The van der Waals surface area contributed by atoms with Crippen LogP contribution in [-0.4, -0.2) is 10.9 Å². The second-order valence-electron chi connectivity index (χ2n) is 5.41. The lowest BCUT2D eigenvalue weighted by Crippen LogP contribution is -2.42. The van der Waals surface area contributed by atoms with Crippen molar-refractivity contribution in [3.63, 3.8) is 0 Å². The van der Waals surface area contributed by atoms with Crippen LogP contribution in [0.5, 0.6) is 0 Å². The average Bonchev–Trinajstić information content (AvgIpc) is 2.46. The highest BCUT2D eigenvalue weighted by atomic mass is 35.6. The number of benzene rings is 1. The summed E-state index contributed by atoms with van der Waals surface area (Å²) < 4.78 is 4.23. The Morgan fingerprint density at radius 2 is 1.48 bits per heavy atom. The summed E-state index contributed by atoms with van der Waals surface area (Å²) in [7, 11) is 1.62. The van der Waals surface area contributed by atoms with Crippen molar-refractivity contribution in [1.82, 2.24) is 0 Å². The van der Waals surface area contributed by atoms with Crippen molar-refractivity contribution < 1.29 is 4.74 Å². The Hall–Kier alpha value is 0.0500. The number of hydrogen-bond donors (Lipinski definition) is 0. The van der Waals surface area contributed by atoms with Gasteiger partial charge in [0, 0.05) is 7.11 Å².